The third-order valence-electron chi connectivity index (χ3n) is 2.74. The Hall–Kier alpha value is -0.203. The Labute approximate surface area is 84.9 Å². The van der Waals surface area contributed by atoms with Crippen LogP contribution in [0.25, 0.3) is 0 Å². The summed E-state index contributed by atoms with van der Waals surface area (Å²) in [4.78, 5) is 0. The van der Waals surface area contributed by atoms with E-state index in [0.717, 1.165) is 13.9 Å². The maximum atomic E-state index is 5.85. The third-order valence-corrected chi connectivity index (χ3v) is 5.59. The van der Waals surface area contributed by atoms with Crippen molar-refractivity contribution in [2.24, 2.45) is 5.92 Å². The van der Waals surface area contributed by atoms with Gasteiger partial charge in [-0.2, -0.15) is 0 Å². The third kappa shape index (κ3) is 3.20. The van der Waals surface area contributed by atoms with Crippen molar-refractivity contribution >= 4 is 18.0 Å². The summed E-state index contributed by atoms with van der Waals surface area (Å²) in [6, 6.07) is 2.10. The van der Waals surface area contributed by atoms with E-state index in [1.54, 1.807) is 0 Å². The average Bonchev–Trinajstić information content (AvgIpc) is 2.52. The molecule has 13 heavy (non-hydrogen) atoms. The van der Waals surface area contributed by atoms with E-state index in [1.807, 2.05) is 0 Å². The molecule has 0 amide bonds. The van der Waals surface area contributed by atoms with Gasteiger partial charge in [-0.25, -0.2) is 0 Å². The maximum Gasteiger partial charge on any atom is 0.225 e. The van der Waals surface area contributed by atoms with Crippen LogP contribution >= 0.6 is 8.19 Å². The molecule has 0 aromatic carbocycles. The van der Waals surface area contributed by atoms with Crippen LogP contribution in [0.5, 0.6) is 5.75 Å². The standard InChI is InChI=1S/C10H19OPSi/c1-8(2)10(3,4)13-11-9-5-6-12-7-9/h5-8,12H,13H2,1-4H3. The van der Waals surface area contributed by atoms with Gasteiger partial charge in [0.15, 0.2) is 0 Å². The van der Waals surface area contributed by atoms with Crippen molar-refractivity contribution < 1.29 is 4.43 Å². The molecular formula is C10H19OPSi. The molecule has 1 nitrogen and oxygen atoms in total. The molecule has 3 heteroatoms. The number of hydrogen-bond donors (Lipinski definition) is 0. The molecule has 1 aromatic rings. The van der Waals surface area contributed by atoms with Crippen molar-refractivity contribution in [3.8, 4) is 5.75 Å². The summed E-state index contributed by atoms with van der Waals surface area (Å²) in [6.45, 7) is 9.17. The summed E-state index contributed by atoms with van der Waals surface area (Å²) in [5, 5.41) is 0.403. The van der Waals surface area contributed by atoms with Crippen LogP contribution in [-0.4, -0.2) is 9.76 Å². The van der Waals surface area contributed by atoms with Crippen molar-refractivity contribution in [3.63, 3.8) is 0 Å². The Bertz CT molecular complexity index is 241. The molecule has 1 unspecified atom stereocenters. The van der Waals surface area contributed by atoms with Crippen LogP contribution in [0.2, 0.25) is 5.04 Å². The quantitative estimate of drug-likeness (QED) is 0.700. The zero-order chi connectivity index (χ0) is 9.90. The predicted molar refractivity (Wildman–Crippen MR) is 64.0 cm³/mol. The van der Waals surface area contributed by atoms with E-state index < -0.39 is 9.76 Å². The van der Waals surface area contributed by atoms with Crippen molar-refractivity contribution in [2.75, 3.05) is 0 Å². The zero-order valence-corrected chi connectivity index (χ0v) is 11.3. The molecule has 0 saturated heterocycles. The molecule has 74 valence electrons. The van der Waals surface area contributed by atoms with Gasteiger partial charge in [0.05, 0.1) is 0 Å². The van der Waals surface area contributed by atoms with E-state index in [0.29, 0.717) is 11.0 Å². The van der Waals surface area contributed by atoms with Gasteiger partial charge in [0.2, 0.25) is 9.76 Å². The van der Waals surface area contributed by atoms with E-state index >= 15 is 0 Å². The summed E-state index contributed by atoms with van der Waals surface area (Å²) in [5.41, 5.74) is 0. The second-order valence-electron chi connectivity index (χ2n) is 4.48. The number of hydrogen-bond acceptors (Lipinski definition) is 1. The largest absolute Gasteiger partial charge is 0.549 e. The fourth-order valence-corrected chi connectivity index (χ4v) is 2.75. The molecule has 0 aliphatic carbocycles. The van der Waals surface area contributed by atoms with Crippen LogP contribution in [-0.2, 0) is 0 Å². The van der Waals surface area contributed by atoms with Gasteiger partial charge in [-0.3, -0.25) is 0 Å². The Morgan fingerprint density at radius 3 is 2.62 bits per heavy atom. The molecule has 0 fully saturated rings. The van der Waals surface area contributed by atoms with Gasteiger partial charge in [-0.1, -0.05) is 27.7 Å². The first kappa shape index (κ1) is 10.9. The molecule has 0 spiro atoms. The normalized spacial score (nSPS) is 13.6. The van der Waals surface area contributed by atoms with Gasteiger partial charge >= 0.3 is 0 Å². The van der Waals surface area contributed by atoms with Crippen LogP contribution in [0.15, 0.2) is 17.7 Å². The first-order valence-electron chi connectivity index (χ1n) is 4.78. The lowest BCUT2D eigenvalue weighted by molar-refractivity contribution is 0.428. The van der Waals surface area contributed by atoms with Crippen LogP contribution in [0.4, 0.5) is 0 Å². The SMILES string of the molecule is CC(C)C(C)(C)[SiH2]Oc1cc[pH]c1. The molecule has 1 rings (SSSR count). The van der Waals surface area contributed by atoms with Crippen LogP contribution < -0.4 is 4.43 Å². The molecular weight excluding hydrogens is 195 g/mol. The van der Waals surface area contributed by atoms with E-state index in [1.165, 1.54) is 0 Å². The lowest BCUT2D eigenvalue weighted by Gasteiger charge is -2.27. The lowest BCUT2D eigenvalue weighted by Crippen LogP contribution is -2.23. The summed E-state index contributed by atoms with van der Waals surface area (Å²) >= 11 is 0. The molecule has 1 aromatic heterocycles. The highest BCUT2D eigenvalue weighted by Crippen LogP contribution is 2.33. The second kappa shape index (κ2) is 4.34. The topological polar surface area (TPSA) is 9.23 Å². The molecule has 0 aliphatic heterocycles. The molecule has 1 atom stereocenters. The lowest BCUT2D eigenvalue weighted by atomic mass is 9.99. The summed E-state index contributed by atoms with van der Waals surface area (Å²) in [5.74, 6) is 6.18. The Kier molecular flexibility index (Phi) is 3.63. The minimum Gasteiger partial charge on any atom is -0.549 e. The highest BCUT2D eigenvalue weighted by molar-refractivity contribution is 7.28. The molecule has 0 bridgehead atoms. The van der Waals surface area contributed by atoms with Gasteiger partial charge in [0.25, 0.3) is 0 Å². The number of rotatable bonds is 4. The monoisotopic (exact) mass is 214 g/mol. The minimum atomic E-state index is -0.453. The van der Waals surface area contributed by atoms with Gasteiger partial charge < -0.3 is 4.43 Å². The highest BCUT2D eigenvalue weighted by Gasteiger charge is 2.24. The van der Waals surface area contributed by atoms with E-state index in [9.17, 15) is 0 Å². The summed E-state index contributed by atoms with van der Waals surface area (Å²) < 4.78 is 5.85. The van der Waals surface area contributed by atoms with E-state index in [4.69, 9.17) is 4.43 Å². The first-order chi connectivity index (χ1) is 6.02. The van der Waals surface area contributed by atoms with E-state index in [-0.39, 0.29) is 0 Å². The van der Waals surface area contributed by atoms with Crippen LogP contribution in [0, 0.1) is 5.92 Å². The van der Waals surface area contributed by atoms with Crippen LogP contribution in [0.3, 0.4) is 0 Å². The molecule has 0 N–H and O–H groups in total. The fourth-order valence-electron chi connectivity index (χ4n) is 0.834. The molecule has 1 heterocycles. The minimum absolute atomic E-state index is 0.403. The second-order valence-corrected chi connectivity index (χ2v) is 7.83. The Morgan fingerprint density at radius 1 is 1.46 bits per heavy atom. The molecule has 0 aliphatic rings. The molecule has 0 saturated carbocycles. The fraction of sp³-hybridized carbons (Fsp3) is 0.600. The average molecular weight is 214 g/mol. The van der Waals surface area contributed by atoms with Gasteiger partial charge in [0.1, 0.15) is 5.75 Å². The zero-order valence-electron chi connectivity index (χ0n) is 8.92. The van der Waals surface area contributed by atoms with Crippen molar-refractivity contribution in [1.29, 1.82) is 0 Å². The van der Waals surface area contributed by atoms with Gasteiger partial charge in [-0.05, 0) is 28.6 Å². The summed E-state index contributed by atoms with van der Waals surface area (Å²) in [6.07, 6.45) is 0. The highest BCUT2D eigenvalue weighted by atomic mass is 31.0. The Morgan fingerprint density at radius 2 is 2.15 bits per heavy atom. The maximum absolute atomic E-state index is 5.85. The van der Waals surface area contributed by atoms with E-state index in [2.05, 4.69) is 45.4 Å². The Balaban J connectivity index is 2.42. The van der Waals surface area contributed by atoms with Crippen molar-refractivity contribution in [3.05, 3.63) is 17.7 Å². The summed E-state index contributed by atoms with van der Waals surface area (Å²) in [7, 11) is 0.379. The van der Waals surface area contributed by atoms with Gasteiger partial charge in [0, 0.05) is 0 Å². The van der Waals surface area contributed by atoms with Crippen LogP contribution in [0.1, 0.15) is 27.7 Å². The van der Waals surface area contributed by atoms with Crippen molar-refractivity contribution in [2.45, 2.75) is 32.7 Å². The van der Waals surface area contributed by atoms with Gasteiger partial charge in [-0.15, -0.1) is 8.19 Å². The first-order valence-corrected chi connectivity index (χ1v) is 7.22. The van der Waals surface area contributed by atoms with Crippen molar-refractivity contribution in [1.82, 2.24) is 0 Å². The smallest absolute Gasteiger partial charge is 0.225 e. The predicted octanol–water partition coefficient (Wildman–Crippen LogP) is 3.04. The molecule has 0 radical (unpaired) electrons.